The maximum atomic E-state index is 12.6. The van der Waals surface area contributed by atoms with Gasteiger partial charge in [0, 0.05) is 34.3 Å². The van der Waals surface area contributed by atoms with Crippen LogP contribution in [0.5, 0.6) is 0 Å². The number of nitrogens with one attached hydrogen (secondary N) is 1. The first-order valence-corrected chi connectivity index (χ1v) is 9.59. The highest BCUT2D eigenvalue weighted by Crippen LogP contribution is 2.23. The molecule has 3 rings (SSSR count). The van der Waals surface area contributed by atoms with Gasteiger partial charge in [0.1, 0.15) is 6.54 Å². The van der Waals surface area contributed by atoms with Gasteiger partial charge in [0.05, 0.1) is 26.7 Å². The van der Waals surface area contributed by atoms with Crippen molar-refractivity contribution in [2.24, 2.45) is 0 Å². The summed E-state index contributed by atoms with van der Waals surface area (Å²) in [6.07, 6.45) is 0.979. The average molecular weight is 473 g/mol. The number of benzene rings is 2. The second-order valence-electron chi connectivity index (χ2n) is 7.14. The SMILES string of the molecule is C[N+]1(Cc2ccccc2)CCCN(C(=O)Nc2cc(Cl)cc(Cl)c2)CC1.[Br-]. The minimum absolute atomic E-state index is 0. The van der Waals surface area contributed by atoms with Gasteiger partial charge < -0.3 is 31.7 Å². The van der Waals surface area contributed by atoms with Gasteiger partial charge in [-0.3, -0.25) is 0 Å². The lowest BCUT2D eigenvalue weighted by Gasteiger charge is -2.33. The molecule has 7 heteroatoms. The molecule has 0 aromatic heterocycles. The zero-order chi connectivity index (χ0) is 18.6. The summed E-state index contributed by atoms with van der Waals surface area (Å²) in [5.41, 5.74) is 1.96. The summed E-state index contributed by atoms with van der Waals surface area (Å²) in [5.74, 6) is 0. The minimum atomic E-state index is -0.100. The number of quaternary nitrogens is 1. The highest BCUT2D eigenvalue weighted by Gasteiger charge is 2.28. The molecule has 2 aromatic carbocycles. The highest BCUT2D eigenvalue weighted by atomic mass is 79.9. The molecule has 146 valence electrons. The van der Waals surface area contributed by atoms with Crippen LogP contribution in [0.4, 0.5) is 10.5 Å². The summed E-state index contributed by atoms with van der Waals surface area (Å²) in [7, 11) is 2.27. The van der Waals surface area contributed by atoms with Crippen LogP contribution in [-0.2, 0) is 6.54 Å². The first-order chi connectivity index (χ1) is 12.4. The van der Waals surface area contributed by atoms with E-state index in [1.807, 2.05) is 11.0 Å². The van der Waals surface area contributed by atoms with Gasteiger partial charge in [-0.15, -0.1) is 0 Å². The predicted octanol–water partition coefficient (Wildman–Crippen LogP) is 1.88. The standard InChI is InChI=1S/C20H23Cl2N3O.BrH/c1-25(15-16-6-3-2-4-7-16)10-5-8-24(9-11-25)20(26)23-19-13-17(21)12-18(22)14-19;/h2-4,6-7,12-14H,5,8-11,15H2,1H3;1H. The van der Waals surface area contributed by atoms with E-state index in [0.717, 1.165) is 43.6 Å². The Hall–Kier alpha value is -1.27. The molecule has 0 radical (unpaired) electrons. The maximum Gasteiger partial charge on any atom is 0.322 e. The van der Waals surface area contributed by atoms with Gasteiger partial charge >= 0.3 is 6.03 Å². The molecule has 1 heterocycles. The van der Waals surface area contributed by atoms with Crippen molar-refractivity contribution >= 4 is 34.9 Å². The third kappa shape index (κ3) is 6.39. The van der Waals surface area contributed by atoms with E-state index >= 15 is 0 Å². The van der Waals surface area contributed by atoms with Crippen LogP contribution in [-0.4, -0.2) is 48.6 Å². The van der Waals surface area contributed by atoms with E-state index < -0.39 is 0 Å². The molecule has 4 nitrogen and oxygen atoms in total. The number of rotatable bonds is 3. The van der Waals surface area contributed by atoms with E-state index in [1.165, 1.54) is 5.56 Å². The number of urea groups is 1. The van der Waals surface area contributed by atoms with Crippen LogP contribution in [0.3, 0.4) is 0 Å². The number of hydrogen-bond donors (Lipinski definition) is 1. The third-order valence-corrected chi connectivity index (χ3v) is 5.28. The Kier molecular flexibility index (Phi) is 7.98. The summed E-state index contributed by atoms with van der Waals surface area (Å²) in [4.78, 5) is 14.5. The van der Waals surface area contributed by atoms with E-state index in [4.69, 9.17) is 23.2 Å². The molecule has 1 atom stereocenters. The normalized spacial score (nSPS) is 19.7. The fraction of sp³-hybridized carbons (Fsp3) is 0.350. The Morgan fingerprint density at radius 3 is 2.41 bits per heavy atom. The van der Waals surface area contributed by atoms with Gasteiger partial charge in [0.2, 0.25) is 0 Å². The van der Waals surface area contributed by atoms with Crippen molar-refractivity contribution in [1.29, 1.82) is 0 Å². The monoisotopic (exact) mass is 471 g/mol. The fourth-order valence-electron chi connectivity index (χ4n) is 3.44. The number of anilines is 1. The Morgan fingerprint density at radius 2 is 1.74 bits per heavy atom. The molecule has 0 spiro atoms. The number of hydrogen-bond acceptors (Lipinski definition) is 1. The second kappa shape index (κ2) is 9.78. The first-order valence-electron chi connectivity index (χ1n) is 8.83. The molecule has 1 fully saturated rings. The van der Waals surface area contributed by atoms with Crippen LogP contribution in [0.2, 0.25) is 10.0 Å². The minimum Gasteiger partial charge on any atom is -1.00 e. The number of nitrogens with zero attached hydrogens (tertiary/aromatic N) is 2. The van der Waals surface area contributed by atoms with Crippen molar-refractivity contribution in [3.8, 4) is 0 Å². The van der Waals surface area contributed by atoms with Gasteiger partial charge in [0.25, 0.3) is 0 Å². The molecule has 27 heavy (non-hydrogen) atoms. The molecule has 1 unspecified atom stereocenters. The Morgan fingerprint density at radius 1 is 1.07 bits per heavy atom. The molecule has 1 saturated heterocycles. The van der Waals surface area contributed by atoms with Gasteiger partial charge in [-0.2, -0.15) is 0 Å². The molecule has 0 aliphatic carbocycles. The largest absolute Gasteiger partial charge is 1.00 e. The van der Waals surface area contributed by atoms with Crippen LogP contribution >= 0.6 is 23.2 Å². The number of halogens is 3. The molecule has 2 aromatic rings. The lowest BCUT2D eigenvalue weighted by Crippen LogP contribution is -3.00. The van der Waals surface area contributed by atoms with Gasteiger partial charge in [-0.25, -0.2) is 4.79 Å². The first kappa shape index (κ1) is 22.0. The molecule has 0 saturated carbocycles. The fourth-order valence-corrected chi connectivity index (χ4v) is 3.97. The van der Waals surface area contributed by atoms with Crippen molar-refractivity contribution in [2.45, 2.75) is 13.0 Å². The van der Waals surface area contributed by atoms with Gasteiger partial charge in [0.15, 0.2) is 0 Å². The molecular weight excluding hydrogens is 449 g/mol. The van der Waals surface area contributed by atoms with E-state index in [2.05, 4.69) is 36.6 Å². The molecule has 0 bridgehead atoms. The summed E-state index contributed by atoms with van der Waals surface area (Å²) < 4.78 is 0.941. The van der Waals surface area contributed by atoms with Gasteiger partial charge in [-0.05, 0) is 18.2 Å². The molecule has 1 N–H and O–H groups in total. The molecular formula is C20H24BrCl2N3O. The van der Waals surface area contributed by atoms with Crippen molar-refractivity contribution < 1.29 is 26.3 Å². The summed E-state index contributed by atoms with van der Waals surface area (Å²) >= 11 is 12.0. The molecule has 1 aliphatic heterocycles. The second-order valence-corrected chi connectivity index (χ2v) is 8.01. The van der Waals surface area contributed by atoms with Crippen molar-refractivity contribution in [2.75, 3.05) is 38.5 Å². The van der Waals surface area contributed by atoms with Crippen LogP contribution in [0.15, 0.2) is 48.5 Å². The highest BCUT2D eigenvalue weighted by molar-refractivity contribution is 6.35. The lowest BCUT2D eigenvalue weighted by molar-refractivity contribution is -0.920. The quantitative estimate of drug-likeness (QED) is 0.679. The number of amides is 2. The van der Waals surface area contributed by atoms with E-state index in [0.29, 0.717) is 15.7 Å². The number of likely N-dealkylation sites (N-methyl/N-ethyl adjacent to an activating group) is 1. The summed E-state index contributed by atoms with van der Waals surface area (Å²) in [6.45, 7) is 4.45. The van der Waals surface area contributed by atoms with E-state index in [-0.39, 0.29) is 23.0 Å². The van der Waals surface area contributed by atoms with Gasteiger partial charge in [-0.1, -0.05) is 53.5 Å². The summed E-state index contributed by atoms with van der Waals surface area (Å²) in [5, 5.41) is 3.93. The Labute approximate surface area is 181 Å². The van der Waals surface area contributed by atoms with E-state index in [9.17, 15) is 4.79 Å². The van der Waals surface area contributed by atoms with Crippen molar-refractivity contribution in [1.82, 2.24) is 4.90 Å². The Balaban J connectivity index is 0.00000261. The Bertz CT molecular complexity index is 755. The smallest absolute Gasteiger partial charge is 0.322 e. The predicted molar refractivity (Wildman–Crippen MR) is 108 cm³/mol. The van der Waals surface area contributed by atoms with Crippen LogP contribution < -0.4 is 22.3 Å². The lowest BCUT2D eigenvalue weighted by atomic mass is 10.2. The average Bonchev–Trinajstić information content (AvgIpc) is 2.76. The van der Waals surface area contributed by atoms with Crippen LogP contribution in [0, 0.1) is 0 Å². The third-order valence-electron chi connectivity index (χ3n) is 4.84. The van der Waals surface area contributed by atoms with Crippen LogP contribution in [0.25, 0.3) is 0 Å². The van der Waals surface area contributed by atoms with Crippen molar-refractivity contribution in [3.05, 3.63) is 64.1 Å². The maximum absolute atomic E-state index is 12.6. The zero-order valence-corrected chi connectivity index (χ0v) is 18.4. The number of carbonyl (C=O) groups is 1. The van der Waals surface area contributed by atoms with Crippen LogP contribution in [0.1, 0.15) is 12.0 Å². The van der Waals surface area contributed by atoms with Crippen molar-refractivity contribution in [3.63, 3.8) is 0 Å². The summed E-state index contributed by atoms with van der Waals surface area (Å²) in [6, 6.07) is 15.5. The molecule has 2 amide bonds. The zero-order valence-electron chi connectivity index (χ0n) is 15.3. The van der Waals surface area contributed by atoms with E-state index in [1.54, 1.807) is 18.2 Å². The number of carbonyl (C=O) groups excluding carboxylic acids is 1. The topological polar surface area (TPSA) is 32.3 Å². The molecule has 1 aliphatic rings.